The Balaban J connectivity index is 1.72. The summed E-state index contributed by atoms with van der Waals surface area (Å²) in [6.45, 7) is 2.35. The van der Waals surface area contributed by atoms with Gasteiger partial charge in [0.1, 0.15) is 0 Å². The summed E-state index contributed by atoms with van der Waals surface area (Å²) < 4.78 is 0. The van der Waals surface area contributed by atoms with E-state index in [1.807, 2.05) is 6.07 Å². The Hall–Kier alpha value is -0.530. The first-order chi connectivity index (χ1) is 9.28. The highest BCUT2D eigenvalue weighted by Gasteiger charge is 2.55. The van der Waals surface area contributed by atoms with Crippen LogP contribution in [-0.4, -0.2) is 13.1 Å². The third kappa shape index (κ3) is 1.86. The number of benzene rings is 1. The molecule has 1 nitrogen and oxygen atoms in total. The first kappa shape index (κ1) is 12.2. The van der Waals surface area contributed by atoms with E-state index < -0.39 is 0 Å². The van der Waals surface area contributed by atoms with Crippen molar-refractivity contribution >= 4 is 11.6 Å². The Morgan fingerprint density at radius 2 is 2.21 bits per heavy atom. The van der Waals surface area contributed by atoms with Gasteiger partial charge in [-0.1, -0.05) is 30.2 Å². The van der Waals surface area contributed by atoms with E-state index in [-0.39, 0.29) is 0 Å². The summed E-state index contributed by atoms with van der Waals surface area (Å²) in [4.78, 5) is 0. The summed E-state index contributed by atoms with van der Waals surface area (Å²) in [5.74, 6) is 2.67. The summed E-state index contributed by atoms with van der Waals surface area (Å²) in [6, 6.07) is 8.60. The fourth-order valence-corrected chi connectivity index (χ4v) is 5.54. The normalized spacial score (nSPS) is 41.0. The molecule has 1 saturated heterocycles. The smallest absolute Gasteiger partial charge is 0.0408 e. The topological polar surface area (TPSA) is 12.0 Å². The zero-order valence-corrected chi connectivity index (χ0v) is 12.1. The second-order valence-corrected chi connectivity index (χ2v) is 7.31. The monoisotopic (exact) mass is 275 g/mol. The molecule has 2 aliphatic carbocycles. The molecule has 1 N–H and O–H groups in total. The van der Waals surface area contributed by atoms with Crippen LogP contribution in [0.25, 0.3) is 0 Å². The molecule has 3 fully saturated rings. The van der Waals surface area contributed by atoms with Crippen molar-refractivity contribution in [2.75, 3.05) is 13.1 Å². The van der Waals surface area contributed by atoms with Crippen molar-refractivity contribution in [2.24, 2.45) is 17.3 Å². The summed E-state index contributed by atoms with van der Waals surface area (Å²) in [6.07, 6.45) is 7.29. The molecular weight excluding hydrogens is 254 g/mol. The van der Waals surface area contributed by atoms with E-state index in [1.165, 1.54) is 44.2 Å². The minimum atomic E-state index is 0.582. The number of fused-ring (bicyclic) bond motifs is 3. The molecule has 19 heavy (non-hydrogen) atoms. The van der Waals surface area contributed by atoms with E-state index in [0.717, 1.165) is 23.4 Å². The van der Waals surface area contributed by atoms with E-state index in [4.69, 9.17) is 11.6 Å². The van der Waals surface area contributed by atoms with Crippen LogP contribution in [-0.2, 0) is 0 Å². The summed E-state index contributed by atoms with van der Waals surface area (Å²) in [7, 11) is 0. The lowest BCUT2D eigenvalue weighted by molar-refractivity contribution is 0.0820. The molecule has 4 unspecified atom stereocenters. The van der Waals surface area contributed by atoms with Gasteiger partial charge in [0.15, 0.2) is 0 Å². The van der Waals surface area contributed by atoms with Gasteiger partial charge >= 0.3 is 0 Å². The lowest BCUT2D eigenvalue weighted by Crippen LogP contribution is -2.46. The number of piperidine rings is 1. The van der Waals surface area contributed by atoms with Crippen molar-refractivity contribution in [3.8, 4) is 0 Å². The third-order valence-corrected chi connectivity index (χ3v) is 6.32. The van der Waals surface area contributed by atoms with Crippen LogP contribution < -0.4 is 5.32 Å². The number of hydrogen-bond donors (Lipinski definition) is 1. The maximum atomic E-state index is 6.22. The van der Waals surface area contributed by atoms with E-state index >= 15 is 0 Å². The van der Waals surface area contributed by atoms with Gasteiger partial charge in [-0.15, -0.1) is 0 Å². The summed E-state index contributed by atoms with van der Waals surface area (Å²) >= 11 is 6.22. The molecular formula is C17H22ClN. The molecule has 1 aromatic rings. The Labute approximate surface area is 120 Å². The lowest BCUT2D eigenvalue weighted by atomic mass is 9.60. The largest absolute Gasteiger partial charge is 0.316 e. The maximum Gasteiger partial charge on any atom is 0.0408 e. The second-order valence-electron chi connectivity index (χ2n) is 6.88. The lowest BCUT2D eigenvalue weighted by Gasteiger charge is -2.48. The zero-order valence-electron chi connectivity index (χ0n) is 11.4. The highest BCUT2D eigenvalue weighted by Crippen LogP contribution is 2.63. The molecule has 1 aliphatic heterocycles. The van der Waals surface area contributed by atoms with Gasteiger partial charge in [-0.2, -0.15) is 0 Å². The standard InChI is InChI=1S/C17H22ClN/c18-15-3-1-2-13(9-15)16-11-19-7-6-17(16)10-12-4-5-14(17)8-12/h1-3,9,12,14,16,19H,4-8,10-11H2. The molecule has 2 bridgehead atoms. The fraction of sp³-hybridized carbons (Fsp3) is 0.647. The molecule has 0 radical (unpaired) electrons. The molecule has 4 atom stereocenters. The predicted molar refractivity (Wildman–Crippen MR) is 79.6 cm³/mol. The number of nitrogens with one attached hydrogen (secondary N) is 1. The zero-order chi connectivity index (χ0) is 12.9. The summed E-state index contributed by atoms with van der Waals surface area (Å²) in [5, 5.41) is 4.51. The van der Waals surface area contributed by atoms with Crippen molar-refractivity contribution in [3.63, 3.8) is 0 Å². The number of hydrogen-bond acceptors (Lipinski definition) is 1. The molecule has 2 saturated carbocycles. The second kappa shape index (κ2) is 4.49. The third-order valence-electron chi connectivity index (χ3n) is 6.08. The van der Waals surface area contributed by atoms with E-state index in [9.17, 15) is 0 Å². The van der Waals surface area contributed by atoms with Crippen molar-refractivity contribution < 1.29 is 0 Å². The Morgan fingerprint density at radius 1 is 1.26 bits per heavy atom. The van der Waals surface area contributed by atoms with Gasteiger partial charge in [0, 0.05) is 17.5 Å². The van der Waals surface area contributed by atoms with Gasteiger partial charge in [-0.25, -0.2) is 0 Å². The van der Waals surface area contributed by atoms with Crippen molar-refractivity contribution in [3.05, 3.63) is 34.9 Å². The van der Waals surface area contributed by atoms with E-state index in [2.05, 4.69) is 23.5 Å². The van der Waals surface area contributed by atoms with Crippen LogP contribution in [0.4, 0.5) is 0 Å². The molecule has 0 amide bonds. The van der Waals surface area contributed by atoms with Crippen LogP contribution in [0.2, 0.25) is 5.02 Å². The Kier molecular flexibility index (Phi) is 2.89. The van der Waals surface area contributed by atoms with Crippen LogP contribution in [0.5, 0.6) is 0 Å². The molecule has 102 valence electrons. The van der Waals surface area contributed by atoms with E-state index in [0.29, 0.717) is 11.3 Å². The van der Waals surface area contributed by atoms with Crippen LogP contribution in [0.15, 0.2) is 24.3 Å². The molecule has 1 aromatic carbocycles. The number of halogens is 1. The molecule has 0 aromatic heterocycles. The van der Waals surface area contributed by atoms with Gasteiger partial charge < -0.3 is 5.32 Å². The Morgan fingerprint density at radius 3 is 2.95 bits per heavy atom. The molecule has 3 aliphatic rings. The van der Waals surface area contributed by atoms with E-state index in [1.54, 1.807) is 0 Å². The van der Waals surface area contributed by atoms with Crippen LogP contribution in [0.1, 0.15) is 43.6 Å². The summed E-state index contributed by atoms with van der Waals surface area (Å²) in [5.41, 5.74) is 2.05. The minimum absolute atomic E-state index is 0.582. The van der Waals surface area contributed by atoms with Gasteiger partial charge in [-0.3, -0.25) is 0 Å². The van der Waals surface area contributed by atoms with Crippen LogP contribution in [0.3, 0.4) is 0 Å². The Bertz CT molecular complexity index is 486. The fourth-order valence-electron chi connectivity index (χ4n) is 5.34. The highest BCUT2D eigenvalue weighted by molar-refractivity contribution is 6.30. The van der Waals surface area contributed by atoms with Crippen LogP contribution in [0, 0.1) is 17.3 Å². The molecule has 1 heterocycles. The molecule has 1 spiro atoms. The highest BCUT2D eigenvalue weighted by atomic mass is 35.5. The van der Waals surface area contributed by atoms with Crippen molar-refractivity contribution in [1.29, 1.82) is 0 Å². The average molecular weight is 276 g/mol. The van der Waals surface area contributed by atoms with Gasteiger partial charge in [0.2, 0.25) is 0 Å². The average Bonchev–Trinajstić information content (AvgIpc) is 3.00. The van der Waals surface area contributed by atoms with Crippen LogP contribution >= 0.6 is 11.6 Å². The molecule has 4 rings (SSSR count). The quantitative estimate of drug-likeness (QED) is 0.809. The van der Waals surface area contributed by atoms with Gasteiger partial charge in [0.05, 0.1) is 0 Å². The van der Waals surface area contributed by atoms with Gasteiger partial charge in [0.25, 0.3) is 0 Å². The first-order valence-corrected chi connectivity index (χ1v) is 8.12. The predicted octanol–water partition coefficient (Wildman–Crippen LogP) is 4.22. The van der Waals surface area contributed by atoms with Gasteiger partial charge in [-0.05, 0) is 67.2 Å². The van der Waals surface area contributed by atoms with Crippen molar-refractivity contribution in [1.82, 2.24) is 5.32 Å². The first-order valence-electron chi connectivity index (χ1n) is 7.74. The minimum Gasteiger partial charge on any atom is -0.316 e. The van der Waals surface area contributed by atoms with Crippen molar-refractivity contribution in [2.45, 2.75) is 38.0 Å². The SMILES string of the molecule is Clc1cccc(C2CNCCC23CC2CCC3C2)c1. The molecule has 2 heteroatoms. The number of rotatable bonds is 1. The maximum absolute atomic E-state index is 6.22.